The Kier molecular flexibility index (Phi) is 11.2. The molecule has 0 spiro atoms. The highest BCUT2D eigenvalue weighted by molar-refractivity contribution is 7.10. The normalized spacial score (nSPS) is 23.9. The minimum atomic E-state index is -0.881. The number of amides is 2. The van der Waals surface area contributed by atoms with E-state index in [9.17, 15) is 14.4 Å². The predicted molar refractivity (Wildman–Crippen MR) is 207 cm³/mol. The number of carbonyl (C=O) groups excluding carboxylic acids is 3. The molecule has 2 N–H and O–H groups in total. The molecule has 4 aromatic rings. The molecule has 3 aliphatic rings. The van der Waals surface area contributed by atoms with E-state index in [0.717, 1.165) is 56.2 Å². The van der Waals surface area contributed by atoms with Crippen LogP contribution in [0.5, 0.6) is 0 Å². The van der Waals surface area contributed by atoms with Gasteiger partial charge >= 0.3 is 5.97 Å². The summed E-state index contributed by atoms with van der Waals surface area (Å²) in [7, 11) is 1.70. The molecule has 0 radical (unpaired) electrons. The minimum absolute atomic E-state index is 0.181. The van der Waals surface area contributed by atoms with Gasteiger partial charge in [0.05, 0.1) is 46.8 Å². The number of methoxy groups -OCH3 is 1. The molecule has 6 heterocycles. The number of ether oxygens (including phenoxy) is 3. The molecule has 3 aliphatic heterocycles. The zero-order chi connectivity index (χ0) is 38.1. The molecule has 6 bridgehead atoms. The quantitative estimate of drug-likeness (QED) is 0.217. The summed E-state index contributed by atoms with van der Waals surface area (Å²) in [5.74, 6) is -1.23. The molecule has 12 nitrogen and oxygen atoms in total. The number of hydrazine groups is 1. The highest BCUT2D eigenvalue weighted by atomic mass is 32.1. The molecule has 2 fully saturated rings. The third kappa shape index (κ3) is 7.56. The molecule has 5 atom stereocenters. The molecular formula is C41H52N6O6S. The summed E-state index contributed by atoms with van der Waals surface area (Å²) in [6.07, 6.45) is 4.71. The summed E-state index contributed by atoms with van der Waals surface area (Å²) in [4.78, 5) is 51.4. The van der Waals surface area contributed by atoms with Crippen molar-refractivity contribution < 1.29 is 28.6 Å². The maximum atomic E-state index is 14.2. The van der Waals surface area contributed by atoms with Crippen LogP contribution in [0.4, 0.5) is 0 Å². The number of aromatic nitrogens is 3. The number of aryl methyl sites for hydroxylation is 1. The Hall–Kier alpha value is -4.17. The van der Waals surface area contributed by atoms with Gasteiger partial charge in [0.25, 0.3) is 5.91 Å². The van der Waals surface area contributed by atoms with Gasteiger partial charge in [0.15, 0.2) is 0 Å². The van der Waals surface area contributed by atoms with Crippen LogP contribution in [-0.2, 0) is 48.0 Å². The Labute approximate surface area is 320 Å². The highest BCUT2D eigenvalue weighted by Gasteiger charge is 2.38. The Morgan fingerprint density at radius 2 is 2.04 bits per heavy atom. The fraction of sp³-hybridized carbons (Fsp3) is 0.537. The van der Waals surface area contributed by atoms with Gasteiger partial charge < -0.3 is 24.1 Å². The topological polar surface area (TPSA) is 137 Å². The average molecular weight is 757 g/mol. The van der Waals surface area contributed by atoms with Crippen molar-refractivity contribution in [2.24, 2.45) is 11.3 Å². The van der Waals surface area contributed by atoms with E-state index in [-0.39, 0.29) is 43.0 Å². The molecule has 1 aromatic carbocycles. The fourth-order valence-electron chi connectivity index (χ4n) is 8.19. The molecule has 0 aliphatic carbocycles. The molecule has 13 heteroatoms. The van der Waals surface area contributed by atoms with Crippen molar-refractivity contribution in [1.29, 1.82) is 0 Å². The van der Waals surface area contributed by atoms with Crippen molar-refractivity contribution in [3.63, 3.8) is 0 Å². The molecule has 7 rings (SSSR count). The van der Waals surface area contributed by atoms with Crippen LogP contribution in [0.25, 0.3) is 33.4 Å². The standard InChI is InChI=1S/C41H52N6O6S/c1-7-34-26(15-18-52-34)38(48)44-31-20-35-43-32(22-54-35)25-13-14-33-28(19-25)29(37(46(33)8-2)27-11-9-16-42-36(27)24(3)51-6)21-41(4,5)23-53-40(50)30-12-10-17-47(45-30)39(31)49/h9,11,13-14,16,19,22,24,26,30-31,34,45H,7-8,10,12,15,17-18,20-21,23H2,1-6H3,(H,44,48)/t24-,26-,30-,31-,34-/m0/s1. The predicted octanol–water partition coefficient (Wildman–Crippen LogP) is 6.02. The van der Waals surface area contributed by atoms with Gasteiger partial charge in [-0.15, -0.1) is 11.3 Å². The number of benzene rings is 1. The third-order valence-corrected chi connectivity index (χ3v) is 12.0. The van der Waals surface area contributed by atoms with Gasteiger partial charge in [0.2, 0.25) is 5.91 Å². The van der Waals surface area contributed by atoms with Crippen molar-refractivity contribution in [1.82, 2.24) is 30.3 Å². The third-order valence-electron chi connectivity index (χ3n) is 11.1. The number of pyridine rings is 1. The van der Waals surface area contributed by atoms with Crippen molar-refractivity contribution in [3.8, 4) is 22.5 Å². The molecule has 3 aromatic heterocycles. The minimum Gasteiger partial charge on any atom is -0.464 e. The lowest BCUT2D eigenvalue weighted by atomic mass is 9.84. The maximum absolute atomic E-state index is 14.2. The lowest BCUT2D eigenvalue weighted by Crippen LogP contribution is -2.61. The Bertz CT molecular complexity index is 2020. The monoisotopic (exact) mass is 756 g/mol. The largest absolute Gasteiger partial charge is 0.464 e. The van der Waals surface area contributed by atoms with Gasteiger partial charge in [0, 0.05) is 72.2 Å². The van der Waals surface area contributed by atoms with Gasteiger partial charge in [-0.1, -0.05) is 26.8 Å². The van der Waals surface area contributed by atoms with Crippen molar-refractivity contribution in [3.05, 3.63) is 58.2 Å². The number of fused-ring (bicyclic) bond motifs is 6. The van der Waals surface area contributed by atoms with E-state index in [2.05, 4.69) is 60.3 Å². The van der Waals surface area contributed by atoms with Crippen LogP contribution < -0.4 is 10.7 Å². The molecular weight excluding hydrogens is 705 g/mol. The molecule has 2 saturated heterocycles. The number of esters is 1. The van der Waals surface area contributed by atoms with Gasteiger partial charge in [0.1, 0.15) is 12.1 Å². The Balaban J connectivity index is 1.34. The van der Waals surface area contributed by atoms with E-state index in [0.29, 0.717) is 45.3 Å². The van der Waals surface area contributed by atoms with Gasteiger partial charge in [-0.3, -0.25) is 24.4 Å². The van der Waals surface area contributed by atoms with Gasteiger partial charge in [-0.05, 0) is 75.8 Å². The zero-order valence-corrected chi connectivity index (χ0v) is 33.0. The summed E-state index contributed by atoms with van der Waals surface area (Å²) in [5.41, 5.74) is 9.62. The van der Waals surface area contributed by atoms with Crippen LogP contribution >= 0.6 is 11.3 Å². The van der Waals surface area contributed by atoms with Crippen LogP contribution in [0.1, 0.15) is 82.7 Å². The smallest absolute Gasteiger partial charge is 0.324 e. The first kappa shape index (κ1) is 38.1. The van der Waals surface area contributed by atoms with Gasteiger partial charge in [-0.2, -0.15) is 0 Å². The van der Waals surface area contributed by atoms with Crippen LogP contribution in [0, 0.1) is 11.3 Å². The first-order chi connectivity index (χ1) is 26.0. The number of hydrogen-bond acceptors (Lipinski definition) is 10. The second-order valence-corrected chi connectivity index (χ2v) is 16.4. The first-order valence-corrected chi connectivity index (χ1v) is 20.1. The van der Waals surface area contributed by atoms with Crippen LogP contribution in [-0.4, -0.2) is 82.4 Å². The maximum Gasteiger partial charge on any atom is 0.324 e. The molecule has 54 heavy (non-hydrogen) atoms. The Morgan fingerprint density at radius 3 is 2.81 bits per heavy atom. The van der Waals surface area contributed by atoms with Crippen molar-refractivity contribution >= 4 is 40.0 Å². The number of nitrogens with zero attached hydrogens (tertiary/aromatic N) is 4. The van der Waals surface area contributed by atoms with Gasteiger partial charge in [-0.25, -0.2) is 10.4 Å². The van der Waals surface area contributed by atoms with E-state index < -0.39 is 23.5 Å². The fourth-order valence-corrected chi connectivity index (χ4v) is 9.04. The molecule has 0 saturated carbocycles. The number of carbonyl (C=O) groups is 3. The summed E-state index contributed by atoms with van der Waals surface area (Å²) >= 11 is 1.47. The lowest BCUT2D eigenvalue weighted by molar-refractivity contribution is -0.155. The van der Waals surface area contributed by atoms with Crippen LogP contribution in [0.15, 0.2) is 41.9 Å². The number of thiazole rings is 1. The van der Waals surface area contributed by atoms with E-state index in [4.69, 9.17) is 24.2 Å². The van der Waals surface area contributed by atoms with Crippen LogP contribution in [0.2, 0.25) is 0 Å². The van der Waals surface area contributed by atoms with Crippen LogP contribution in [0.3, 0.4) is 0 Å². The SMILES string of the molecule is CC[C@@H]1OCC[C@@H]1C(=O)N[C@H]1Cc2nc(cs2)-c2ccc3c(c2)c(c(-c2cccnc2[C@H](C)OC)n3CC)CC(C)(C)COC(=O)[C@@H]2CCCN(N2)C1=O. The lowest BCUT2D eigenvalue weighted by Gasteiger charge is -2.35. The second-order valence-electron chi connectivity index (χ2n) is 15.5. The zero-order valence-electron chi connectivity index (χ0n) is 32.1. The number of cyclic esters (lactones) is 1. The molecule has 2 amide bonds. The number of nitrogens with one attached hydrogen (secondary N) is 2. The summed E-state index contributed by atoms with van der Waals surface area (Å²) in [6, 6.07) is 8.96. The highest BCUT2D eigenvalue weighted by Crippen LogP contribution is 2.42. The van der Waals surface area contributed by atoms with Crippen molar-refractivity contribution in [2.75, 3.05) is 26.9 Å². The summed E-state index contributed by atoms with van der Waals surface area (Å²) in [6.45, 7) is 12.2. The van der Waals surface area contributed by atoms with Crippen molar-refractivity contribution in [2.45, 2.75) is 104 Å². The average Bonchev–Trinajstić information content (AvgIpc) is 3.93. The number of rotatable bonds is 7. The molecule has 288 valence electrons. The summed E-state index contributed by atoms with van der Waals surface area (Å²) in [5, 5.41) is 8.40. The molecule has 0 unspecified atom stereocenters. The Morgan fingerprint density at radius 1 is 1.20 bits per heavy atom. The van der Waals surface area contributed by atoms with E-state index in [1.807, 2.05) is 25.3 Å². The van der Waals surface area contributed by atoms with E-state index in [1.165, 1.54) is 16.3 Å². The van der Waals surface area contributed by atoms with E-state index in [1.54, 1.807) is 13.3 Å². The summed E-state index contributed by atoms with van der Waals surface area (Å²) < 4.78 is 20.0. The first-order valence-electron chi connectivity index (χ1n) is 19.3. The number of hydrogen-bond donors (Lipinski definition) is 2. The second kappa shape index (κ2) is 15.9. The van der Waals surface area contributed by atoms with E-state index >= 15 is 0 Å².